The van der Waals surface area contributed by atoms with E-state index in [0.717, 1.165) is 5.56 Å². The second kappa shape index (κ2) is 7.01. The summed E-state index contributed by atoms with van der Waals surface area (Å²) in [6.07, 6.45) is -5.69. The lowest BCUT2D eigenvalue weighted by molar-refractivity contribution is -0.272. The van der Waals surface area contributed by atoms with Crippen molar-refractivity contribution in [3.05, 3.63) is 29.8 Å². The fourth-order valence-electron chi connectivity index (χ4n) is 2.61. The molecule has 0 bridgehead atoms. The van der Waals surface area contributed by atoms with Gasteiger partial charge in [-0.3, -0.25) is 4.79 Å². The minimum absolute atomic E-state index is 0.135. The van der Waals surface area contributed by atoms with Gasteiger partial charge in [-0.15, -0.1) is 0 Å². The normalized spacial score (nSPS) is 17.9. The van der Waals surface area contributed by atoms with Gasteiger partial charge in [-0.1, -0.05) is 26.0 Å². The molecule has 1 aliphatic rings. The van der Waals surface area contributed by atoms with Gasteiger partial charge in [0.2, 0.25) is 0 Å². The van der Waals surface area contributed by atoms with Crippen molar-refractivity contribution in [2.45, 2.75) is 44.4 Å². The van der Waals surface area contributed by atoms with Crippen molar-refractivity contribution in [3.63, 3.8) is 0 Å². The Morgan fingerprint density at radius 1 is 1.33 bits per heavy atom. The number of benzene rings is 1. The van der Waals surface area contributed by atoms with Crippen LogP contribution in [0, 0.1) is 0 Å². The average Bonchev–Trinajstić information content (AvgIpc) is 2.52. The molecule has 0 aromatic heterocycles. The number of aliphatic hydroxyl groups is 1. The van der Waals surface area contributed by atoms with Gasteiger partial charge in [0.1, 0.15) is 5.75 Å². The number of alkyl halides is 3. The van der Waals surface area contributed by atoms with Gasteiger partial charge >= 0.3 is 6.18 Å². The molecule has 24 heavy (non-hydrogen) atoms. The molecule has 1 heterocycles. The Bertz CT molecular complexity index is 579. The maximum Gasteiger partial charge on any atom is 0.417 e. The van der Waals surface area contributed by atoms with Gasteiger partial charge in [0.25, 0.3) is 5.91 Å². The van der Waals surface area contributed by atoms with Gasteiger partial charge in [0.15, 0.2) is 12.2 Å². The van der Waals surface area contributed by atoms with Gasteiger partial charge in [-0.05, 0) is 23.6 Å². The molecule has 1 aliphatic heterocycles. The molecule has 134 valence electrons. The first kappa shape index (κ1) is 18.6. The molecule has 4 nitrogen and oxygen atoms in total. The lowest BCUT2D eigenvalue weighted by Gasteiger charge is -2.39. The molecule has 1 amide bonds. The average molecular weight is 345 g/mol. The van der Waals surface area contributed by atoms with Crippen LogP contribution < -0.4 is 4.74 Å². The van der Waals surface area contributed by atoms with Gasteiger partial charge in [-0.2, -0.15) is 13.2 Å². The summed E-state index contributed by atoms with van der Waals surface area (Å²) in [5.41, 5.74) is -1.62. The molecule has 1 fully saturated rings. The van der Waals surface area contributed by atoms with Crippen molar-refractivity contribution in [3.8, 4) is 5.75 Å². The standard InChI is InChI=1S/C17H22F3NO3/c1-12(2)13-4-3-5-14(10-13)24-11-15(22)21-8-6-16(23,7-9-21)17(18,19)20/h3-5,10,12,23H,6-9,11H2,1-2H3. The Morgan fingerprint density at radius 2 is 1.96 bits per heavy atom. The van der Waals surface area contributed by atoms with Crippen LogP contribution in [0.15, 0.2) is 24.3 Å². The number of amides is 1. The maximum atomic E-state index is 12.7. The largest absolute Gasteiger partial charge is 0.484 e. The molecule has 0 saturated carbocycles. The van der Waals surface area contributed by atoms with Crippen LogP contribution in [0.3, 0.4) is 0 Å². The molecule has 1 N–H and O–H groups in total. The molecule has 1 aromatic rings. The van der Waals surface area contributed by atoms with E-state index in [1.54, 1.807) is 6.07 Å². The number of ether oxygens (including phenoxy) is 1. The summed E-state index contributed by atoms with van der Waals surface area (Å²) in [5.74, 6) is 0.499. The molecular weight excluding hydrogens is 323 g/mol. The third-order valence-corrected chi connectivity index (χ3v) is 4.36. The Labute approximate surface area is 139 Å². The molecule has 0 radical (unpaired) electrons. The SMILES string of the molecule is CC(C)c1cccc(OCC(=O)N2CCC(O)(C(F)(F)F)CC2)c1. The molecule has 0 unspecified atom stereocenters. The molecule has 1 saturated heterocycles. The zero-order valence-electron chi connectivity index (χ0n) is 13.8. The second-order valence-electron chi connectivity index (χ2n) is 6.43. The van der Waals surface area contributed by atoms with Crippen LogP contribution >= 0.6 is 0 Å². The summed E-state index contributed by atoms with van der Waals surface area (Å²) >= 11 is 0. The van der Waals surface area contributed by atoms with Crippen molar-refractivity contribution in [1.29, 1.82) is 0 Å². The van der Waals surface area contributed by atoms with E-state index in [1.165, 1.54) is 4.90 Å². The lowest BCUT2D eigenvalue weighted by Crippen LogP contribution is -2.54. The van der Waals surface area contributed by atoms with Gasteiger partial charge in [0, 0.05) is 25.9 Å². The first-order valence-electron chi connectivity index (χ1n) is 7.92. The predicted octanol–water partition coefficient (Wildman–Crippen LogP) is 3.10. The third-order valence-electron chi connectivity index (χ3n) is 4.36. The Balaban J connectivity index is 1.87. The van der Waals surface area contributed by atoms with Crippen LogP contribution in [0.25, 0.3) is 0 Å². The second-order valence-corrected chi connectivity index (χ2v) is 6.43. The molecule has 0 atom stereocenters. The van der Waals surface area contributed by atoms with E-state index in [2.05, 4.69) is 0 Å². The van der Waals surface area contributed by atoms with E-state index in [4.69, 9.17) is 4.74 Å². The maximum absolute atomic E-state index is 12.7. The topological polar surface area (TPSA) is 49.8 Å². The number of carbonyl (C=O) groups is 1. The highest BCUT2D eigenvalue weighted by molar-refractivity contribution is 5.77. The van der Waals surface area contributed by atoms with Gasteiger partial charge < -0.3 is 14.7 Å². The predicted molar refractivity (Wildman–Crippen MR) is 82.8 cm³/mol. The van der Waals surface area contributed by atoms with Crippen molar-refractivity contribution >= 4 is 5.91 Å². The summed E-state index contributed by atoms with van der Waals surface area (Å²) in [4.78, 5) is 13.4. The third kappa shape index (κ3) is 4.20. The molecule has 1 aromatic carbocycles. The monoisotopic (exact) mass is 345 g/mol. The summed E-state index contributed by atoms with van der Waals surface area (Å²) in [6, 6.07) is 7.37. The summed E-state index contributed by atoms with van der Waals surface area (Å²) in [7, 11) is 0. The van der Waals surface area contributed by atoms with E-state index >= 15 is 0 Å². The smallest absolute Gasteiger partial charge is 0.417 e. The van der Waals surface area contributed by atoms with Crippen LogP contribution in [0.1, 0.15) is 38.2 Å². The Morgan fingerprint density at radius 3 is 2.50 bits per heavy atom. The van der Waals surface area contributed by atoms with E-state index < -0.39 is 24.6 Å². The van der Waals surface area contributed by atoms with E-state index in [0.29, 0.717) is 11.7 Å². The molecule has 0 aliphatic carbocycles. The number of carbonyl (C=O) groups excluding carboxylic acids is 1. The van der Waals surface area contributed by atoms with Crippen molar-refractivity contribution in [2.24, 2.45) is 0 Å². The van der Waals surface area contributed by atoms with Crippen molar-refractivity contribution < 1.29 is 27.8 Å². The van der Waals surface area contributed by atoms with E-state index in [9.17, 15) is 23.1 Å². The lowest BCUT2D eigenvalue weighted by atomic mass is 9.91. The first-order chi connectivity index (χ1) is 11.1. The number of piperidine rings is 1. The van der Waals surface area contributed by atoms with Crippen LogP contribution in [0.4, 0.5) is 13.2 Å². The highest BCUT2D eigenvalue weighted by Gasteiger charge is 2.54. The summed E-state index contributed by atoms with van der Waals surface area (Å²) in [6.45, 7) is 3.58. The van der Waals surface area contributed by atoms with Crippen molar-refractivity contribution in [1.82, 2.24) is 4.90 Å². The van der Waals surface area contributed by atoms with Crippen LogP contribution in [-0.4, -0.2) is 47.4 Å². The zero-order chi connectivity index (χ0) is 18.0. The molecule has 0 spiro atoms. The van der Waals surface area contributed by atoms with Crippen LogP contribution in [0.2, 0.25) is 0 Å². The summed E-state index contributed by atoms with van der Waals surface area (Å²) < 4.78 is 43.7. The number of nitrogens with zero attached hydrogens (tertiary/aromatic N) is 1. The number of halogens is 3. The number of hydrogen-bond donors (Lipinski definition) is 1. The molecular formula is C17H22F3NO3. The van der Waals surface area contributed by atoms with Crippen LogP contribution in [-0.2, 0) is 4.79 Å². The fourth-order valence-corrected chi connectivity index (χ4v) is 2.61. The summed E-state index contributed by atoms with van der Waals surface area (Å²) in [5, 5.41) is 9.60. The van der Waals surface area contributed by atoms with Gasteiger partial charge in [-0.25, -0.2) is 0 Å². The highest BCUT2D eigenvalue weighted by atomic mass is 19.4. The van der Waals surface area contributed by atoms with Crippen LogP contribution in [0.5, 0.6) is 5.75 Å². The minimum atomic E-state index is -4.67. The quantitative estimate of drug-likeness (QED) is 0.912. The molecule has 2 rings (SSSR count). The fraction of sp³-hybridized carbons (Fsp3) is 0.588. The van der Waals surface area contributed by atoms with E-state index in [-0.39, 0.29) is 25.6 Å². The number of hydrogen-bond acceptors (Lipinski definition) is 3. The zero-order valence-corrected chi connectivity index (χ0v) is 13.8. The van der Waals surface area contributed by atoms with E-state index in [1.807, 2.05) is 32.0 Å². The Kier molecular flexibility index (Phi) is 5.42. The Hall–Kier alpha value is -1.76. The number of rotatable bonds is 4. The molecule has 7 heteroatoms. The first-order valence-corrected chi connectivity index (χ1v) is 7.92. The van der Waals surface area contributed by atoms with Gasteiger partial charge in [0.05, 0.1) is 0 Å². The highest BCUT2D eigenvalue weighted by Crippen LogP contribution is 2.38. The number of likely N-dealkylation sites (tertiary alicyclic amines) is 1. The minimum Gasteiger partial charge on any atom is -0.484 e. The van der Waals surface area contributed by atoms with Crippen molar-refractivity contribution in [2.75, 3.05) is 19.7 Å².